The lowest BCUT2D eigenvalue weighted by atomic mass is 9.94. The molecule has 1 saturated heterocycles. The minimum absolute atomic E-state index is 0.177. The first-order valence-corrected chi connectivity index (χ1v) is 9.06. The molecule has 0 aromatic heterocycles. The summed E-state index contributed by atoms with van der Waals surface area (Å²) in [6.07, 6.45) is 4.71. The van der Waals surface area contributed by atoms with Gasteiger partial charge in [0.25, 0.3) is 11.8 Å². The van der Waals surface area contributed by atoms with Crippen molar-refractivity contribution >= 4 is 28.6 Å². The molecule has 0 N–H and O–H groups in total. The van der Waals surface area contributed by atoms with Crippen LogP contribution < -0.4 is 0 Å². The summed E-state index contributed by atoms with van der Waals surface area (Å²) >= 11 is 0. The molecule has 0 saturated carbocycles. The molecule has 2 atom stereocenters. The Morgan fingerprint density at radius 3 is 2.71 bits per heavy atom. The van der Waals surface area contributed by atoms with Gasteiger partial charge in [0, 0.05) is 12.0 Å². The van der Waals surface area contributed by atoms with Crippen LogP contribution in [-0.2, 0) is 30.4 Å². The van der Waals surface area contributed by atoms with Crippen LogP contribution in [0.4, 0.5) is 0 Å². The van der Waals surface area contributed by atoms with Crippen molar-refractivity contribution in [2.45, 2.75) is 18.9 Å². The van der Waals surface area contributed by atoms with Crippen LogP contribution >= 0.6 is 0 Å². The number of hydrogen-bond donors (Lipinski definition) is 0. The number of imide groups is 1. The lowest BCUT2D eigenvalue weighted by Crippen LogP contribution is -2.40. The zero-order chi connectivity index (χ0) is 19.7. The van der Waals surface area contributed by atoms with Gasteiger partial charge in [-0.1, -0.05) is 60.7 Å². The molecule has 0 spiro atoms. The predicted molar refractivity (Wildman–Crippen MR) is 102 cm³/mol. The van der Waals surface area contributed by atoms with E-state index in [1.165, 1.54) is 7.11 Å². The van der Waals surface area contributed by atoms with Gasteiger partial charge in [-0.15, -0.1) is 5.06 Å². The van der Waals surface area contributed by atoms with Gasteiger partial charge >= 0.3 is 5.97 Å². The zero-order valence-electron chi connectivity index (χ0n) is 15.3. The predicted octanol–water partition coefficient (Wildman–Crippen LogP) is 2.73. The maximum absolute atomic E-state index is 12.6. The second-order valence-corrected chi connectivity index (χ2v) is 6.78. The third kappa shape index (κ3) is 3.23. The molecule has 1 unspecified atom stereocenters. The first kappa shape index (κ1) is 18.1. The Morgan fingerprint density at radius 2 is 1.96 bits per heavy atom. The third-order valence-corrected chi connectivity index (χ3v) is 5.02. The number of methoxy groups -OCH3 is 1. The Morgan fingerprint density at radius 1 is 1.18 bits per heavy atom. The number of benzene rings is 2. The molecule has 28 heavy (non-hydrogen) atoms. The summed E-state index contributed by atoms with van der Waals surface area (Å²) in [5, 5.41) is 2.82. The van der Waals surface area contributed by atoms with Gasteiger partial charge in [-0.25, -0.2) is 9.63 Å². The number of ether oxygens (including phenoxy) is 1. The quantitative estimate of drug-likeness (QED) is 0.592. The van der Waals surface area contributed by atoms with Gasteiger partial charge in [-0.2, -0.15) is 0 Å². The number of esters is 1. The van der Waals surface area contributed by atoms with E-state index in [-0.39, 0.29) is 6.42 Å². The Balaban J connectivity index is 1.57. The van der Waals surface area contributed by atoms with Crippen molar-refractivity contribution in [3.63, 3.8) is 0 Å². The third-order valence-electron chi connectivity index (χ3n) is 5.02. The Kier molecular flexibility index (Phi) is 4.79. The van der Waals surface area contributed by atoms with Crippen molar-refractivity contribution in [2.75, 3.05) is 7.11 Å². The van der Waals surface area contributed by atoms with Gasteiger partial charge in [-0.05, 0) is 22.8 Å². The topological polar surface area (TPSA) is 72.9 Å². The number of amides is 2. The molecule has 142 valence electrons. The summed E-state index contributed by atoms with van der Waals surface area (Å²) in [6, 6.07) is 13.7. The number of rotatable bonds is 5. The largest absolute Gasteiger partial charge is 0.467 e. The van der Waals surface area contributed by atoms with Crippen LogP contribution in [0.1, 0.15) is 12.0 Å². The van der Waals surface area contributed by atoms with Gasteiger partial charge < -0.3 is 4.74 Å². The summed E-state index contributed by atoms with van der Waals surface area (Å²) in [4.78, 5) is 43.0. The van der Waals surface area contributed by atoms with Crippen LogP contribution in [0.15, 0.2) is 66.3 Å². The molecule has 1 heterocycles. The molecular weight excluding hydrogens is 358 g/mol. The van der Waals surface area contributed by atoms with Crippen LogP contribution in [0.5, 0.6) is 0 Å². The molecule has 0 radical (unpaired) electrons. The Hall–Kier alpha value is -3.25. The number of carbonyl (C=O) groups excluding carboxylic acids is 3. The van der Waals surface area contributed by atoms with E-state index in [0.717, 1.165) is 16.3 Å². The zero-order valence-corrected chi connectivity index (χ0v) is 15.3. The summed E-state index contributed by atoms with van der Waals surface area (Å²) in [5.41, 5.74) is 1.23. The number of nitrogens with zero attached hydrogens (tertiary/aromatic N) is 1. The van der Waals surface area contributed by atoms with E-state index in [1.54, 1.807) is 12.2 Å². The molecule has 1 fully saturated rings. The summed E-state index contributed by atoms with van der Waals surface area (Å²) in [7, 11) is 1.25. The number of hydroxylamine groups is 2. The van der Waals surface area contributed by atoms with E-state index in [2.05, 4.69) is 0 Å². The Labute approximate surface area is 162 Å². The van der Waals surface area contributed by atoms with Crippen LogP contribution in [0.25, 0.3) is 10.8 Å². The van der Waals surface area contributed by atoms with E-state index in [0.29, 0.717) is 17.1 Å². The van der Waals surface area contributed by atoms with Gasteiger partial charge in [-0.3, -0.25) is 9.59 Å². The van der Waals surface area contributed by atoms with Crippen LogP contribution in [-0.4, -0.2) is 36.1 Å². The van der Waals surface area contributed by atoms with E-state index in [9.17, 15) is 14.4 Å². The molecule has 6 heteroatoms. The second kappa shape index (κ2) is 7.40. The molecule has 4 rings (SSSR count). The standard InChI is InChI=1S/C22H19NO5/c1-27-22(26)19(13-14-10-11-15-6-2-3-7-16(15)12-14)28-23-20(24)17-8-4-5-9-18(17)21(23)25/h2-8,10-12,18-19H,9,13H2,1H3/t18?,19-/m0/s1. The molecule has 1 aliphatic carbocycles. The highest BCUT2D eigenvalue weighted by Gasteiger charge is 2.46. The maximum atomic E-state index is 12.6. The minimum Gasteiger partial charge on any atom is -0.467 e. The van der Waals surface area contributed by atoms with Crippen molar-refractivity contribution in [3.8, 4) is 0 Å². The molecule has 2 amide bonds. The van der Waals surface area contributed by atoms with Gasteiger partial charge in [0.15, 0.2) is 6.10 Å². The van der Waals surface area contributed by atoms with Gasteiger partial charge in [0.05, 0.1) is 13.0 Å². The lowest BCUT2D eigenvalue weighted by Gasteiger charge is -2.21. The minimum atomic E-state index is -1.10. The first-order chi connectivity index (χ1) is 13.6. The highest BCUT2D eigenvalue weighted by Crippen LogP contribution is 2.32. The van der Waals surface area contributed by atoms with Crippen molar-refractivity contribution in [2.24, 2.45) is 5.92 Å². The summed E-state index contributed by atoms with van der Waals surface area (Å²) in [6.45, 7) is 0. The first-order valence-electron chi connectivity index (χ1n) is 9.06. The second-order valence-electron chi connectivity index (χ2n) is 6.78. The molecule has 0 bridgehead atoms. The van der Waals surface area contributed by atoms with Crippen LogP contribution in [0.3, 0.4) is 0 Å². The van der Waals surface area contributed by atoms with E-state index in [1.807, 2.05) is 48.5 Å². The van der Waals surface area contributed by atoms with Crippen LogP contribution in [0.2, 0.25) is 0 Å². The average molecular weight is 377 g/mol. The Bertz CT molecular complexity index is 1020. The SMILES string of the molecule is COC(=O)[C@H](Cc1ccc2ccccc2c1)ON1C(=O)C2=CC=CCC2C1=O. The maximum Gasteiger partial charge on any atom is 0.338 e. The van der Waals surface area contributed by atoms with E-state index >= 15 is 0 Å². The monoisotopic (exact) mass is 377 g/mol. The highest BCUT2D eigenvalue weighted by molar-refractivity contribution is 6.14. The molecule has 2 aromatic rings. The lowest BCUT2D eigenvalue weighted by molar-refractivity contribution is -0.209. The molecule has 2 aliphatic rings. The normalized spacial score (nSPS) is 19.5. The van der Waals surface area contributed by atoms with Gasteiger partial charge in [0.1, 0.15) is 0 Å². The van der Waals surface area contributed by atoms with E-state index < -0.39 is 29.8 Å². The van der Waals surface area contributed by atoms with Crippen molar-refractivity contribution in [1.82, 2.24) is 5.06 Å². The highest BCUT2D eigenvalue weighted by atomic mass is 16.7. The summed E-state index contributed by atoms with van der Waals surface area (Å²) in [5.74, 6) is -2.16. The fraction of sp³-hybridized carbons (Fsp3) is 0.227. The molecule has 1 aliphatic heterocycles. The number of carbonyl (C=O) groups is 3. The number of allylic oxidation sites excluding steroid dienone is 3. The van der Waals surface area contributed by atoms with Gasteiger partial charge in [0.2, 0.25) is 0 Å². The van der Waals surface area contributed by atoms with Crippen LogP contribution in [0, 0.1) is 5.92 Å². The number of hydrogen-bond acceptors (Lipinski definition) is 5. The van der Waals surface area contributed by atoms with Crippen molar-refractivity contribution in [1.29, 1.82) is 0 Å². The number of fused-ring (bicyclic) bond motifs is 2. The van der Waals surface area contributed by atoms with E-state index in [4.69, 9.17) is 9.57 Å². The fourth-order valence-electron chi connectivity index (χ4n) is 3.54. The molecule has 2 aromatic carbocycles. The summed E-state index contributed by atoms with van der Waals surface area (Å²) < 4.78 is 4.83. The molecule has 6 nitrogen and oxygen atoms in total. The van der Waals surface area contributed by atoms with Crippen molar-refractivity contribution in [3.05, 3.63) is 71.8 Å². The average Bonchev–Trinajstić information content (AvgIpc) is 2.97. The molecular formula is C22H19NO5. The fourth-order valence-corrected chi connectivity index (χ4v) is 3.54. The van der Waals surface area contributed by atoms with Crippen molar-refractivity contribution < 1.29 is 24.0 Å². The smallest absolute Gasteiger partial charge is 0.338 e.